The number of carbonyl (C=O) groups excluding carboxylic acids is 1. The van der Waals surface area contributed by atoms with Crippen molar-refractivity contribution in [1.82, 2.24) is 9.62 Å². The fraction of sp³-hybridized carbons (Fsp3) is 0.562. The van der Waals surface area contributed by atoms with Crippen LogP contribution in [0.15, 0.2) is 18.2 Å². The van der Waals surface area contributed by atoms with Crippen molar-refractivity contribution in [2.75, 3.05) is 19.6 Å². The average Bonchev–Trinajstić information content (AvgIpc) is 3.40. The number of amides is 1. The molecule has 24 heavy (non-hydrogen) atoms. The molecule has 1 amide bonds. The molecule has 1 heterocycles. The SMILES string of the molecule is O=C(NCC1CCN(S(=O)(=O)C2CC2)CC1)c1cc(Cl)ccc1Cl. The Balaban J connectivity index is 1.50. The Labute approximate surface area is 152 Å². The summed E-state index contributed by atoms with van der Waals surface area (Å²) < 4.78 is 26.0. The molecule has 0 aromatic heterocycles. The molecule has 0 unspecified atom stereocenters. The minimum atomic E-state index is -3.08. The molecule has 1 aliphatic heterocycles. The van der Waals surface area contributed by atoms with Gasteiger partial charge < -0.3 is 5.32 Å². The van der Waals surface area contributed by atoms with Crippen LogP contribution in [0.4, 0.5) is 0 Å². The van der Waals surface area contributed by atoms with Crippen molar-refractivity contribution in [3.8, 4) is 0 Å². The van der Waals surface area contributed by atoms with Crippen LogP contribution in [-0.4, -0.2) is 43.5 Å². The Morgan fingerprint density at radius 1 is 1.17 bits per heavy atom. The summed E-state index contributed by atoms with van der Waals surface area (Å²) in [5.41, 5.74) is 0.359. The van der Waals surface area contributed by atoms with Gasteiger partial charge in [0.15, 0.2) is 0 Å². The third-order valence-electron chi connectivity index (χ3n) is 4.60. The maximum absolute atomic E-state index is 12.2. The Kier molecular flexibility index (Phi) is 5.39. The Hall–Kier alpha value is -0.820. The summed E-state index contributed by atoms with van der Waals surface area (Å²) in [6.45, 7) is 1.59. The van der Waals surface area contributed by atoms with Gasteiger partial charge in [0.1, 0.15) is 0 Å². The van der Waals surface area contributed by atoms with E-state index in [1.165, 1.54) is 0 Å². The molecule has 0 atom stereocenters. The van der Waals surface area contributed by atoms with Crippen LogP contribution < -0.4 is 5.32 Å². The zero-order valence-corrected chi connectivity index (χ0v) is 15.5. The summed E-state index contributed by atoms with van der Waals surface area (Å²) in [5.74, 6) is 0.0214. The van der Waals surface area contributed by atoms with Gasteiger partial charge in [-0.2, -0.15) is 0 Å². The molecule has 1 aromatic carbocycles. The summed E-state index contributed by atoms with van der Waals surface area (Å²) in [6.07, 6.45) is 3.10. The van der Waals surface area contributed by atoms with Gasteiger partial charge in [-0.05, 0) is 49.8 Å². The lowest BCUT2D eigenvalue weighted by molar-refractivity contribution is 0.0941. The van der Waals surface area contributed by atoms with E-state index >= 15 is 0 Å². The van der Waals surface area contributed by atoms with Crippen molar-refractivity contribution in [2.24, 2.45) is 5.92 Å². The van der Waals surface area contributed by atoms with Crippen molar-refractivity contribution in [3.05, 3.63) is 33.8 Å². The molecule has 132 valence electrons. The number of hydrogen-bond donors (Lipinski definition) is 1. The van der Waals surface area contributed by atoms with Crippen molar-refractivity contribution in [1.29, 1.82) is 0 Å². The molecule has 3 rings (SSSR count). The molecule has 2 aliphatic rings. The molecule has 1 N–H and O–H groups in total. The van der Waals surface area contributed by atoms with E-state index < -0.39 is 10.0 Å². The van der Waals surface area contributed by atoms with Crippen LogP contribution in [0.3, 0.4) is 0 Å². The molecule has 2 fully saturated rings. The topological polar surface area (TPSA) is 66.5 Å². The van der Waals surface area contributed by atoms with Crippen molar-refractivity contribution >= 4 is 39.1 Å². The molecule has 1 aromatic rings. The molecule has 0 bridgehead atoms. The van der Waals surface area contributed by atoms with Gasteiger partial charge >= 0.3 is 0 Å². The van der Waals surface area contributed by atoms with Crippen molar-refractivity contribution < 1.29 is 13.2 Å². The summed E-state index contributed by atoms with van der Waals surface area (Å²) in [7, 11) is -3.08. The molecule has 1 saturated heterocycles. The lowest BCUT2D eigenvalue weighted by Gasteiger charge is -2.31. The quantitative estimate of drug-likeness (QED) is 0.840. The molecule has 8 heteroatoms. The smallest absolute Gasteiger partial charge is 0.252 e. The van der Waals surface area contributed by atoms with E-state index in [0.717, 1.165) is 25.7 Å². The Bertz CT molecular complexity index is 727. The second-order valence-electron chi connectivity index (χ2n) is 6.42. The second kappa shape index (κ2) is 7.20. The molecule has 5 nitrogen and oxygen atoms in total. The average molecular weight is 391 g/mol. The lowest BCUT2D eigenvalue weighted by atomic mass is 9.98. The number of halogens is 2. The second-order valence-corrected chi connectivity index (χ2v) is 9.48. The van der Waals surface area contributed by atoms with E-state index in [4.69, 9.17) is 23.2 Å². The number of nitrogens with zero attached hydrogens (tertiary/aromatic N) is 1. The van der Waals surface area contributed by atoms with Crippen LogP contribution in [0, 0.1) is 5.92 Å². The largest absolute Gasteiger partial charge is 0.352 e. The van der Waals surface area contributed by atoms with E-state index in [2.05, 4.69) is 5.32 Å². The predicted molar refractivity (Wildman–Crippen MR) is 95.0 cm³/mol. The zero-order valence-electron chi connectivity index (χ0n) is 13.2. The third kappa shape index (κ3) is 4.04. The number of benzene rings is 1. The van der Waals surface area contributed by atoms with Crippen LogP contribution in [0.5, 0.6) is 0 Å². The van der Waals surface area contributed by atoms with Gasteiger partial charge in [-0.3, -0.25) is 4.79 Å². The van der Waals surface area contributed by atoms with E-state index in [-0.39, 0.29) is 17.1 Å². The van der Waals surface area contributed by atoms with Crippen LogP contribution >= 0.6 is 23.2 Å². The highest BCUT2D eigenvalue weighted by atomic mass is 35.5. The first kappa shape index (κ1) is 18.0. The Morgan fingerprint density at radius 2 is 1.83 bits per heavy atom. The summed E-state index contributed by atoms with van der Waals surface area (Å²) in [5, 5.41) is 3.55. The van der Waals surface area contributed by atoms with Gasteiger partial charge in [0.2, 0.25) is 10.0 Å². The number of sulfonamides is 1. The Morgan fingerprint density at radius 3 is 2.46 bits per heavy atom. The van der Waals surface area contributed by atoms with E-state index in [1.54, 1.807) is 22.5 Å². The van der Waals surface area contributed by atoms with Crippen LogP contribution in [0.2, 0.25) is 10.0 Å². The summed E-state index contributed by atoms with van der Waals surface area (Å²) >= 11 is 11.9. The van der Waals surface area contributed by atoms with Crippen LogP contribution in [-0.2, 0) is 10.0 Å². The first-order chi connectivity index (χ1) is 11.4. The maximum atomic E-state index is 12.2. The standard InChI is InChI=1S/C16H20Cl2N2O3S/c17-12-1-4-15(18)14(9-12)16(21)19-10-11-5-7-20(8-6-11)24(22,23)13-2-3-13/h1,4,9,11,13H,2-3,5-8,10H2,(H,19,21). The number of rotatable bonds is 5. The molecular formula is C16H20Cl2N2O3S. The fourth-order valence-corrected chi connectivity index (χ4v) is 5.20. The lowest BCUT2D eigenvalue weighted by Crippen LogP contribution is -2.42. The van der Waals surface area contributed by atoms with E-state index in [1.807, 2.05) is 0 Å². The molecule has 1 aliphatic carbocycles. The van der Waals surface area contributed by atoms with Crippen LogP contribution in [0.25, 0.3) is 0 Å². The van der Waals surface area contributed by atoms with Crippen LogP contribution in [0.1, 0.15) is 36.0 Å². The minimum Gasteiger partial charge on any atom is -0.352 e. The van der Waals surface area contributed by atoms with Gasteiger partial charge in [0.05, 0.1) is 15.8 Å². The third-order valence-corrected chi connectivity index (χ3v) is 7.57. The number of piperidine rings is 1. The first-order valence-corrected chi connectivity index (χ1v) is 10.4. The zero-order chi connectivity index (χ0) is 17.3. The number of carbonyl (C=O) groups is 1. The van der Waals surface area contributed by atoms with Crippen molar-refractivity contribution in [2.45, 2.75) is 30.9 Å². The van der Waals surface area contributed by atoms with E-state index in [0.29, 0.717) is 35.2 Å². The molecule has 1 saturated carbocycles. The summed E-state index contributed by atoms with van der Waals surface area (Å²) in [6, 6.07) is 4.78. The minimum absolute atomic E-state index is 0.154. The highest BCUT2D eigenvalue weighted by Gasteiger charge is 2.41. The normalized spacial score (nSPS) is 20.1. The molecule has 0 spiro atoms. The number of hydrogen-bond acceptors (Lipinski definition) is 3. The maximum Gasteiger partial charge on any atom is 0.252 e. The predicted octanol–water partition coefficient (Wildman–Crippen LogP) is 2.93. The van der Waals surface area contributed by atoms with Gasteiger partial charge in [0, 0.05) is 24.7 Å². The van der Waals surface area contributed by atoms with Gasteiger partial charge in [-0.15, -0.1) is 0 Å². The molecular weight excluding hydrogens is 371 g/mol. The highest BCUT2D eigenvalue weighted by molar-refractivity contribution is 7.90. The van der Waals surface area contributed by atoms with Crippen molar-refractivity contribution in [3.63, 3.8) is 0 Å². The van der Waals surface area contributed by atoms with Gasteiger partial charge in [-0.1, -0.05) is 23.2 Å². The van der Waals surface area contributed by atoms with Gasteiger partial charge in [-0.25, -0.2) is 12.7 Å². The molecule has 0 radical (unpaired) electrons. The van der Waals surface area contributed by atoms with E-state index in [9.17, 15) is 13.2 Å². The first-order valence-electron chi connectivity index (χ1n) is 8.10. The van der Waals surface area contributed by atoms with Gasteiger partial charge in [0.25, 0.3) is 5.91 Å². The fourth-order valence-electron chi connectivity index (χ4n) is 2.95. The highest BCUT2D eigenvalue weighted by Crippen LogP contribution is 2.33. The number of nitrogens with one attached hydrogen (secondary N) is 1. The monoisotopic (exact) mass is 390 g/mol. The summed E-state index contributed by atoms with van der Waals surface area (Å²) in [4.78, 5) is 12.2.